The number of furan rings is 1. The fraction of sp³-hybridized carbons (Fsp3) is 0.222. The second kappa shape index (κ2) is 2.60. The van der Waals surface area contributed by atoms with E-state index in [1.54, 1.807) is 31.5 Å². The molecule has 3 nitrogen and oxygen atoms in total. The van der Waals surface area contributed by atoms with Crippen LogP contribution in [0.1, 0.15) is 18.8 Å². The zero-order valence-electron chi connectivity index (χ0n) is 6.69. The second-order valence-electron chi connectivity index (χ2n) is 2.74. The minimum absolute atomic E-state index is 0.558. The van der Waals surface area contributed by atoms with Gasteiger partial charge in [0.25, 0.3) is 0 Å². The van der Waals surface area contributed by atoms with Crippen molar-refractivity contribution in [3.05, 3.63) is 30.3 Å². The van der Waals surface area contributed by atoms with Crippen LogP contribution in [0, 0.1) is 0 Å². The van der Waals surface area contributed by atoms with E-state index in [4.69, 9.17) is 4.42 Å². The largest absolute Gasteiger partial charge is 0.458 e. The molecular formula is C9H9NO2. The molecule has 3 heteroatoms. The molecule has 0 aliphatic rings. The zero-order chi connectivity index (χ0) is 8.55. The molecule has 1 N–H and O–H groups in total. The average molecular weight is 163 g/mol. The molecule has 0 aliphatic heterocycles. The number of fused-ring (bicyclic) bond motifs is 1. The van der Waals surface area contributed by atoms with Gasteiger partial charge in [0.15, 0.2) is 0 Å². The van der Waals surface area contributed by atoms with Gasteiger partial charge in [-0.3, -0.25) is 4.98 Å². The summed E-state index contributed by atoms with van der Waals surface area (Å²) in [5.74, 6) is 0.581. The fourth-order valence-corrected chi connectivity index (χ4v) is 1.11. The first kappa shape index (κ1) is 7.31. The van der Waals surface area contributed by atoms with Crippen molar-refractivity contribution in [3.8, 4) is 0 Å². The van der Waals surface area contributed by atoms with Crippen molar-refractivity contribution in [2.75, 3.05) is 0 Å². The molecule has 2 heterocycles. The molecule has 0 saturated heterocycles. The summed E-state index contributed by atoms with van der Waals surface area (Å²) in [6.07, 6.45) is 2.82. The summed E-state index contributed by atoms with van der Waals surface area (Å²) in [4.78, 5) is 3.94. The van der Waals surface area contributed by atoms with E-state index in [9.17, 15) is 5.11 Å². The summed E-state index contributed by atoms with van der Waals surface area (Å²) in [5.41, 5.74) is 0.765. The molecule has 12 heavy (non-hydrogen) atoms. The lowest BCUT2D eigenvalue weighted by atomic mass is 10.3. The topological polar surface area (TPSA) is 46.3 Å². The van der Waals surface area contributed by atoms with Gasteiger partial charge in [0, 0.05) is 17.8 Å². The maximum absolute atomic E-state index is 9.21. The van der Waals surface area contributed by atoms with E-state index in [0.717, 1.165) is 11.0 Å². The lowest BCUT2D eigenvalue weighted by Crippen LogP contribution is -1.85. The third-order valence-electron chi connectivity index (χ3n) is 1.75. The smallest absolute Gasteiger partial charge is 0.137 e. The molecule has 0 aliphatic carbocycles. The van der Waals surface area contributed by atoms with Crippen molar-refractivity contribution in [1.82, 2.24) is 4.98 Å². The van der Waals surface area contributed by atoms with E-state index in [1.165, 1.54) is 0 Å². The fourth-order valence-electron chi connectivity index (χ4n) is 1.11. The Bertz CT molecular complexity index is 359. The number of aliphatic hydroxyl groups excluding tert-OH is 1. The van der Waals surface area contributed by atoms with Crippen LogP contribution in [-0.4, -0.2) is 10.1 Å². The van der Waals surface area contributed by atoms with E-state index in [1.807, 2.05) is 0 Å². The first-order valence-electron chi connectivity index (χ1n) is 3.79. The van der Waals surface area contributed by atoms with E-state index in [-0.39, 0.29) is 0 Å². The highest BCUT2D eigenvalue weighted by atomic mass is 16.4. The van der Waals surface area contributed by atoms with Gasteiger partial charge >= 0.3 is 0 Å². The summed E-state index contributed by atoms with van der Waals surface area (Å²) in [6.45, 7) is 1.67. The number of hydrogen-bond acceptors (Lipinski definition) is 3. The zero-order valence-corrected chi connectivity index (χ0v) is 6.69. The van der Waals surface area contributed by atoms with Gasteiger partial charge in [-0.25, -0.2) is 0 Å². The molecule has 0 radical (unpaired) electrons. The molecule has 0 bridgehead atoms. The van der Waals surface area contributed by atoms with E-state index < -0.39 is 6.10 Å². The highest BCUT2D eigenvalue weighted by Gasteiger charge is 2.07. The Morgan fingerprint density at radius 3 is 3.08 bits per heavy atom. The first-order valence-corrected chi connectivity index (χ1v) is 3.79. The molecular weight excluding hydrogens is 154 g/mol. The normalized spacial score (nSPS) is 13.5. The molecule has 2 aromatic heterocycles. The van der Waals surface area contributed by atoms with Gasteiger partial charge < -0.3 is 9.52 Å². The van der Waals surface area contributed by atoms with Crippen molar-refractivity contribution in [2.45, 2.75) is 13.0 Å². The lowest BCUT2D eigenvalue weighted by molar-refractivity contribution is 0.172. The van der Waals surface area contributed by atoms with Crippen LogP contribution in [-0.2, 0) is 0 Å². The van der Waals surface area contributed by atoms with Gasteiger partial charge in [-0.2, -0.15) is 0 Å². The standard InChI is InChI=1S/C9H9NO2/c1-6(11)9-4-7-5-10-3-2-8(7)12-9/h2-6,11H,1H3. The van der Waals surface area contributed by atoms with E-state index >= 15 is 0 Å². The van der Waals surface area contributed by atoms with Crippen LogP contribution >= 0.6 is 0 Å². The molecule has 0 amide bonds. The molecule has 1 unspecified atom stereocenters. The molecule has 2 aromatic rings. The van der Waals surface area contributed by atoms with Crippen LogP contribution in [0.2, 0.25) is 0 Å². The minimum Gasteiger partial charge on any atom is -0.458 e. The molecule has 0 fully saturated rings. The Hall–Kier alpha value is -1.35. The van der Waals surface area contributed by atoms with Crippen molar-refractivity contribution in [3.63, 3.8) is 0 Å². The third kappa shape index (κ3) is 1.08. The predicted octanol–water partition coefficient (Wildman–Crippen LogP) is 1.88. The van der Waals surface area contributed by atoms with Gasteiger partial charge in [0.05, 0.1) is 0 Å². The monoisotopic (exact) mass is 163 g/mol. The van der Waals surface area contributed by atoms with Crippen LogP contribution in [0.5, 0.6) is 0 Å². The number of hydrogen-bond donors (Lipinski definition) is 1. The summed E-state index contributed by atoms with van der Waals surface area (Å²) in [7, 11) is 0. The second-order valence-corrected chi connectivity index (χ2v) is 2.74. The number of pyridine rings is 1. The van der Waals surface area contributed by atoms with Gasteiger partial charge in [-0.15, -0.1) is 0 Å². The maximum atomic E-state index is 9.21. The number of rotatable bonds is 1. The molecule has 62 valence electrons. The summed E-state index contributed by atoms with van der Waals surface area (Å²) in [5, 5.41) is 10.1. The molecule has 0 aromatic carbocycles. The van der Waals surface area contributed by atoms with Crippen molar-refractivity contribution >= 4 is 11.0 Å². The Balaban J connectivity index is 2.62. The maximum Gasteiger partial charge on any atom is 0.137 e. The van der Waals surface area contributed by atoms with Crippen LogP contribution < -0.4 is 0 Å². The molecule has 0 saturated carbocycles. The minimum atomic E-state index is -0.558. The van der Waals surface area contributed by atoms with Crippen LogP contribution in [0.4, 0.5) is 0 Å². The average Bonchev–Trinajstić information content (AvgIpc) is 2.46. The number of aromatic nitrogens is 1. The highest BCUT2D eigenvalue weighted by molar-refractivity contribution is 5.76. The summed E-state index contributed by atoms with van der Waals surface area (Å²) < 4.78 is 5.34. The Kier molecular flexibility index (Phi) is 1.59. The van der Waals surface area contributed by atoms with Crippen LogP contribution in [0.25, 0.3) is 11.0 Å². The van der Waals surface area contributed by atoms with Gasteiger partial charge in [-0.05, 0) is 19.1 Å². The van der Waals surface area contributed by atoms with E-state index in [2.05, 4.69) is 4.98 Å². The highest BCUT2D eigenvalue weighted by Crippen LogP contribution is 2.22. The molecule has 2 rings (SSSR count). The molecule has 1 atom stereocenters. The van der Waals surface area contributed by atoms with Crippen LogP contribution in [0.15, 0.2) is 28.9 Å². The lowest BCUT2D eigenvalue weighted by Gasteiger charge is -1.95. The Morgan fingerprint density at radius 1 is 1.58 bits per heavy atom. The SMILES string of the molecule is CC(O)c1cc2cnccc2o1. The van der Waals surface area contributed by atoms with Crippen molar-refractivity contribution < 1.29 is 9.52 Å². The Labute approximate surface area is 69.7 Å². The van der Waals surface area contributed by atoms with Gasteiger partial charge in [0.2, 0.25) is 0 Å². The van der Waals surface area contributed by atoms with E-state index in [0.29, 0.717) is 5.76 Å². The molecule has 0 spiro atoms. The number of nitrogens with zero attached hydrogens (tertiary/aromatic N) is 1. The Morgan fingerprint density at radius 2 is 2.42 bits per heavy atom. The van der Waals surface area contributed by atoms with Crippen molar-refractivity contribution in [1.29, 1.82) is 0 Å². The first-order chi connectivity index (χ1) is 5.77. The summed E-state index contributed by atoms with van der Waals surface area (Å²) in [6, 6.07) is 3.58. The quantitative estimate of drug-likeness (QED) is 0.698. The predicted molar refractivity (Wildman–Crippen MR) is 44.6 cm³/mol. The van der Waals surface area contributed by atoms with Crippen LogP contribution in [0.3, 0.4) is 0 Å². The van der Waals surface area contributed by atoms with Gasteiger partial charge in [-0.1, -0.05) is 0 Å². The van der Waals surface area contributed by atoms with Gasteiger partial charge in [0.1, 0.15) is 17.4 Å². The van der Waals surface area contributed by atoms with Crippen molar-refractivity contribution in [2.24, 2.45) is 0 Å². The summed E-state index contributed by atoms with van der Waals surface area (Å²) >= 11 is 0. The number of aliphatic hydroxyl groups is 1. The third-order valence-corrected chi connectivity index (χ3v) is 1.75.